The highest BCUT2D eigenvalue weighted by Crippen LogP contribution is 2.29. The van der Waals surface area contributed by atoms with E-state index >= 15 is 0 Å². The minimum absolute atomic E-state index is 0.335. The first kappa shape index (κ1) is 11.6. The van der Waals surface area contributed by atoms with Gasteiger partial charge < -0.3 is 10.1 Å². The van der Waals surface area contributed by atoms with E-state index < -0.39 is 0 Å². The first-order valence-corrected chi connectivity index (χ1v) is 6.00. The average molecular weight is 223 g/mol. The van der Waals surface area contributed by atoms with Crippen LogP contribution in [0, 0.1) is 5.41 Å². The van der Waals surface area contributed by atoms with Gasteiger partial charge in [0.25, 0.3) is 0 Å². The SMILES string of the molecule is CC(NCC1(C)CCOCC1)c1ccn[nH]1. The summed E-state index contributed by atoms with van der Waals surface area (Å²) in [7, 11) is 0. The zero-order valence-corrected chi connectivity index (χ0v) is 10.1. The molecule has 1 aromatic heterocycles. The van der Waals surface area contributed by atoms with E-state index in [9.17, 15) is 0 Å². The largest absolute Gasteiger partial charge is 0.381 e. The van der Waals surface area contributed by atoms with Crippen molar-refractivity contribution in [3.8, 4) is 0 Å². The minimum Gasteiger partial charge on any atom is -0.381 e. The van der Waals surface area contributed by atoms with Crippen molar-refractivity contribution >= 4 is 0 Å². The number of rotatable bonds is 4. The van der Waals surface area contributed by atoms with Crippen molar-refractivity contribution in [2.45, 2.75) is 32.7 Å². The maximum atomic E-state index is 5.40. The molecule has 1 fully saturated rings. The fourth-order valence-electron chi connectivity index (χ4n) is 2.06. The normalized spacial score (nSPS) is 21.9. The zero-order valence-electron chi connectivity index (χ0n) is 10.1. The van der Waals surface area contributed by atoms with Gasteiger partial charge in [-0.15, -0.1) is 0 Å². The third-order valence-corrected chi connectivity index (χ3v) is 3.52. The van der Waals surface area contributed by atoms with Gasteiger partial charge in [-0.1, -0.05) is 6.92 Å². The molecule has 2 heterocycles. The Balaban J connectivity index is 1.82. The maximum Gasteiger partial charge on any atom is 0.0518 e. The van der Waals surface area contributed by atoms with Gasteiger partial charge in [-0.05, 0) is 31.2 Å². The molecular weight excluding hydrogens is 202 g/mol. The topological polar surface area (TPSA) is 49.9 Å². The quantitative estimate of drug-likeness (QED) is 0.819. The van der Waals surface area contributed by atoms with E-state index in [0.717, 1.165) is 38.3 Å². The van der Waals surface area contributed by atoms with Crippen LogP contribution in [0.25, 0.3) is 0 Å². The monoisotopic (exact) mass is 223 g/mol. The molecule has 0 bridgehead atoms. The van der Waals surface area contributed by atoms with E-state index in [1.807, 2.05) is 6.07 Å². The maximum absolute atomic E-state index is 5.40. The molecular formula is C12H21N3O. The number of ether oxygens (including phenoxy) is 1. The van der Waals surface area contributed by atoms with Crippen LogP contribution < -0.4 is 5.32 Å². The van der Waals surface area contributed by atoms with Gasteiger partial charge in [-0.3, -0.25) is 5.10 Å². The molecule has 4 nitrogen and oxygen atoms in total. The van der Waals surface area contributed by atoms with Crippen molar-refractivity contribution in [1.29, 1.82) is 0 Å². The molecule has 2 N–H and O–H groups in total. The number of nitrogens with one attached hydrogen (secondary N) is 2. The first-order chi connectivity index (χ1) is 7.70. The van der Waals surface area contributed by atoms with Gasteiger partial charge in [-0.25, -0.2) is 0 Å². The predicted molar refractivity (Wildman–Crippen MR) is 63.2 cm³/mol. The van der Waals surface area contributed by atoms with Crippen molar-refractivity contribution in [3.05, 3.63) is 18.0 Å². The molecule has 1 aliphatic rings. The predicted octanol–water partition coefficient (Wildman–Crippen LogP) is 1.88. The summed E-state index contributed by atoms with van der Waals surface area (Å²) >= 11 is 0. The molecule has 1 saturated heterocycles. The van der Waals surface area contributed by atoms with E-state index in [2.05, 4.69) is 29.4 Å². The van der Waals surface area contributed by atoms with E-state index in [0.29, 0.717) is 11.5 Å². The lowest BCUT2D eigenvalue weighted by atomic mass is 9.82. The Hall–Kier alpha value is -0.870. The van der Waals surface area contributed by atoms with Gasteiger partial charge in [-0.2, -0.15) is 5.10 Å². The molecule has 90 valence electrons. The van der Waals surface area contributed by atoms with E-state index in [1.165, 1.54) is 0 Å². The van der Waals surface area contributed by atoms with Crippen LogP contribution in [0.5, 0.6) is 0 Å². The van der Waals surface area contributed by atoms with E-state index in [-0.39, 0.29) is 0 Å². The number of hydrogen-bond acceptors (Lipinski definition) is 3. The highest BCUT2D eigenvalue weighted by molar-refractivity contribution is 5.03. The molecule has 0 spiro atoms. The third-order valence-electron chi connectivity index (χ3n) is 3.52. The summed E-state index contributed by atoms with van der Waals surface area (Å²) in [5.74, 6) is 0. The van der Waals surface area contributed by atoms with Crippen LogP contribution in [0.15, 0.2) is 12.3 Å². The number of aromatic nitrogens is 2. The Kier molecular flexibility index (Phi) is 3.61. The van der Waals surface area contributed by atoms with E-state index in [1.54, 1.807) is 6.20 Å². The van der Waals surface area contributed by atoms with E-state index in [4.69, 9.17) is 4.74 Å². The third kappa shape index (κ3) is 2.83. The second-order valence-corrected chi connectivity index (χ2v) is 5.04. The molecule has 16 heavy (non-hydrogen) atoms. The number of aromatic amines is 1. The van der Waals surface area contributed by atoms with Gasteiger partial charge in [0.05, 0.1) is 5.69 Å². The summed E-state index contributed by atoms with van der Waals surface area (Å²) in [5.41, 5.74) is 1.53. The summed E-state index contributed by atoms with van der Waals surface area (Å²) in [5, 5.41) is 10.5. The van der Waals surface area contributed by atoms with Crippen LogP contribution in [-0.2, 0) is 4.74 Å². The first-order valence-electron chi connectivity index (χ1n) is 6.00. The molecule has 0 radical (unpaired) electrons. The molecule has 0 saturated carbocycles. The number of H-pyrrole nitrogens is 1. The summed E-state index contributed by atoms with van der Waals surface area (Å²) in [6.45, 7) is 7.34. The Bertz CT molecular complexity index is 304. The van der Waals surface area contributed by atoms with Crippen LogP contribution in [0.3, 0.4) is 0 Å². The minimum atomic E-state index is 0.335. The highest BCUT2D eigenvalue weighted by atomic mass is 16.5. The number of nitrogens with zero attached hydrogens (tertiary/aromatic N) is 1. The standard InChI is InChI=1S/C12H21N3O/c1-10(11-3-6-14-15-11)13-9-12(2)4-7-16-8-5-12/h3,6,10,13H,4-5,7-9H2,1-2H3,(H,14,15). The molecule has 4 heteroatoms. The molecule has 1 atom stereocenters. The van der Waals surface area contributed by atoms with Crippen LogP contribution >= 0.6 is 0 Å². The fourth-order valence-corrected chi connectivity index (χ4v) is 2.06. The lowest BCUT2D eigenvalue weighted by molar-refractivity contribution is 0.0230. The number of hydrogen-bond donors (Lipinski definition) is 2. The molecule has 1 aliphatic heterocycles. The Morgan fingerprint density at radius 3 is 2.94 bits per heavy atom. The summed E-state index contributed by atoms with van der Waals surface area (Å²) in [6, 6.07) is 2.35. The zero-order chi connectivity index (χ0) is 11.4. The Morgan fingerprint density at radius 2 is 2.31 bits per heavy atom. The molecule has 0 amide bonds. The molecule has 0 aliphatic carbocycles. The van der Waals surface area contributed by atoms with Gasteiger partial charge in [0.2, 0.25) is 0 Å². The summed E-state index contributed by atoms with van der Waals surface area (Å²) in [6.07, 6.45) is 4.09. The molecule has 1 aromatic rings. The lowest BCUT2D eigenvalue weighted by Gasteiger charge is -2.34. The van der Waals surface area contributed by atoms with Gasteiger partial charge in [0, 0.05) is 32.0 Å². The van der Waals surface area contributed by atoms with Crippen molar-refractivity contribution in [1.82, 2.24) is 15.5 Å². The van der Waals surface area contributed by atoms with Gasteiger partial charge >= 0.3 is 0 Å². The van der Waals surface area contributed by atoms with Crippen molar-refractivity contribution in [3.63, 3.8) is 0 Å². The average Bonchev–Trinajstić information content (AvgIpc) is 2.80. The Morgan fingerprint density at radius 1 is 1.56 bits per heavy atom. The van der Waals surface area contributed by atoms with Crippen LogP contribution in [-0.4, -0.2) is 30.0 Å². The fraction of sp³-hybridized carbons (Fsp3) is 0.750. The summed E-state index contributed by atoms with van der Waals surface area (Å²) in [4.78, 5) is 0. The van der Waals surface area contributed by atoms with Crippen molar-refractivity contribution in [2.75, 3.05) is 19.8 Å². The van der Waals surface area contributed by atoms with Crippen LogP contribution in [0.2, 0.25) is 0 Å². The smallest absolute Gasteiger partial charge is 0.0518 e. The van der Waals surface area contributed by atoms with Crippen molar-refractivity contribution in [2.24, 2.45) is 5.41 Å². The molecule has 1 unspecified atom stereocenters. The Labute approximate surface area is 96.8 Å². The second kappa shape index (κ2) is 4.97. The molecule has 2 rings (SSSR count). The van der Waals surface area contributed by atoms with Gasteiger partial charge in [0.1, 0.15) is 0 Å². The second-order valence-electron chi connectivity index (χ2n) is 5.04. The highest BCUT2D eigenvalue weighted by Gasteiger charge is 2.27. The van der Waals surface area contributed by atoms with Crippen LogP contribution in [0.4, 0.5) is 0 Å². The van der Waals surface area contributed by atoms with Crippen molar-refractivity contribution < 1.29 is 4.74 Å². The summed E-state index contributed by atoms with van der Waals surface area (Å²) < 4.78 is 5.40. The molecule has 0 aromatic carbocycles. The lowest BCUT2D eigenvalue weighted by Crippen LogP contribution is -2.37. The van der Waals surface area contributed by atoms with Gasteiger partial charge in [0.15, 0.2) is 0 Å². The van der Waals surface area contributed by atoms with Crippen LogP contribution in [0.1, 0.15) is 38.4 Å².